The van der Waals surface area contributed by atoms with Crippen molar-refractivity contribution in [3.63, 3.8) is 0 Å². The molecule has 0 aliphatic rings. The molecule has 4 heterocycles. The molecule has 11 nitrogen and oxygen atoms in total. The Bertz CT molecular complexity index is 1960. The number of rotatable bonds is 13. The molecule has 0 bridgehead atoms. The minimum atomic E-state index is -1.59. The molecule has 0 saturated carbocycles. The highest BCUT2D eigenvalue weighted by Gasteiger charge is 2.27. The highest BCUT2D eigenvalue weighted by atomic mass is 32.1. The molecule has 2 atom stereocenters. The number of pyridine rings is 1. The summed E-state index contributed by atoms with van der Waals surface area (Å²) in [6.07, 6.45) is 0.922. The number of fused-ring (bicyclic) bond motifs is 2. The van der Waals surface area contributed by atoms with Gasteiger partial charge in [-0.15, -0.1) is 11.3 Å². The van der Waals surface area contributed by atoms with Gasteiger partial charge in [0.15, 0.2) is 6.10 Å². The summed E-state index contributed by atoms with van der Waals surface area (Å²) in [7, 11) is 3.35. The fourth-order valence-corrected chi connectivity index (χ4v) is 5.92. The van der Waals surface area contributed by atoms with Crippen LogP contribution in [0.4, 0.5) is 8.78 Å². The standard InChI is InChI=1S/C32H32F2N6O5S/c1-17(36-32(43)26(42)16-41)23-14-24(39-38-23)30-28(27(22(34)7-9-33)18(2)45-11-10-44-4)31-21(8-12-46-31)29(37-30)19-5-6-25-20(13-19)15-35-40(25)3/h5-9,12-15,17,26,41-42H,2,10-11,16H2,1,3-4H3,(H,36,43)(H,38,39)/b9-7+,27-22-/t17-,26-/m1/s1. The van der Waals surface area contributed by atoms with Gasteiger partial charge in [-0.2, -0.15) is 10.2 Å². The van der Waals surface area contributed by atoms with Crippen LogP contribution >= 0.6 is 11.3 Å². The minimum Gasteiger partial charge on any atom is -0.491 e. The van der Waals surface area contributed by atoms with Crippen molar-refractivity contribution in [2.24, 2.45) is 7.05 Å². The number of allylic oxidation sites excluding steroid dienone is 3. The molecular weight excluding hydrogens is 618 g/mol. The zero-order chi connectivity index (χ0) is 33.0. The van der Waals surface area contributed by atoms with Crippen LogP contribution in [0.25, 0.3) is 49.2 Å². The zero-order valence-corrected chi connectivity index (χ0v) is 26.1. The Morgan fingerprint density at radius 1 is 1.26 bits per heavy atom. The van der Waals surface area contributed by atoms with E-state index in [0.717, 1.165) is 16.5 Å². The molecule has 0 fully saturated rings. The van der Waals surface area contributed by atoms with Crippen molar-refractivity contribution in [1.82, 2.24) is 30.3 Å². The first kappa shape index (κ1) is 32.6. The van der Waals surface area contributed by atoms with Crippen molar-refractivity contribution < 1.29 is 33.3 Å². The average molecular weight is 651 g/mol. The summed E-state index contributed by atoms with van der Waals surface area (Å²) in [4.78, 5) is 17.3. The van der Waals surface area contributed by atoms with Crippen LogP contribution in [0.3, 0.4) is 0 Å². The molecule has 0 aliphatic carbocycles. The van der Waals surface area contributed by atoms with Crippen LogP contribution in [0.1, 0.15) is 24.2 Å². The average Bonchev–Trinajstić information content (AvgIpc) is 3.81. The zero-order valence-electron chi connectivity index (χ0n) is 25.3. The van der Waals surface area contributed by atoms with Crippen LogP contribution in [0.2, 0.25) is 0 Å². The molecule has 1 amide bonds. The highest BCUT2D eigenvalue weighted by Crippen LogP contribution is 2.44. The molecule has 0 saturated heterocycles. The van der Waals surface area contributed by atoms with Gasteiger partial charge < -0.3 is 25.0 Å². The fourth-order valence-electron chi connectivity index (χ4n) is 4.97. The van der Waals surface area contributed by atoms with Crippen LogP contribution in [0, 0.1) is 0 Å². The third kappa shape index (κ3) is 6.46. The maximum Gasteiger partial charge on any atom is 0.251 e. The van der Waals surface area contributed by atoms with Crippen molar-refractivity contribution in [2.75, 3.05) is 26.9 Å². The molecule has 46 heavy (non-hydrogen) atoms. The number of nitrogens with one attached hydrogen (secondary N) is 2. The number of H-pyrrole nitrogens is 1. The van der Waals surface area contributed by atoms with E-state index in [0.29, 0.717) is 27.6 Å². The second-order valence-electron chi connectivity index (χ2n) is 10.3. The van der Waals surface area contributed by atoms with E-state index < -0.39 is 30.5 Å². The molecule has 4 N–H and O–H groups in total. The predicted molar refractivity (Wildman–Crippen MR) is 172 cm³/mol. The van der Waals surface area contributed by atoms with Gasteiger partial charge in [0.25, 0.3) is 5.91 Å². The number of carbonyl (C=O) groups is 1. The summed E-state index contributed by atoms with van der Waals surface area (Å²) in [5, 5.41) is 36.6. The molecule has 1 aromatic carbocycles. The Labute approximate surface area is 266 Å². The van der Waals surface area contributed by atoms with E-state index in [2.05, 4.69) is 27.2 Å². The van der Waals surface area contributed by atoms with E-state index in [-0.39, 0.29) is 47.8 Å². The molecule has 0 unspecified atom stereocenters. The molecule has 5 rings (SSSR count). The summed E-state index contributed by atoms with van der Waals surface area (Å²) in [5.41, 5.74) is 3.41. The number of ether oxygens (including phenoxy) is 2. The van der Waals surface area contributed by atoms with E-state index >= 15 is 4.39 Å². The van der Waals surface area contributed by atoms with Gasteiger partial charge in [0, 0.05) is 46.8 Å². The first-order chi connectivity index (χ1) is 22.2. The van der Waals surface area contributed by atoms with Gasteiger partial charge in [-0.1, -0.05) is 12.6 Å². The topological polar surface area (TPSA) is 147 Å². The summed E-state index contributed by atoms with van der Waals surface area (Å²) in [6, 6.07) is 8.66. The fraction of sp³-hybridized carbons (Fsp3) is 0.250. The third-order valence-electron chi connectivity index (χ3n) is 7.31. The largest absolute Gasteiger partial charge is 0.491 e. The van der Waals surface area contributed by atoms with Gasteiger partial charge >= 0.3 is 0 Å². The quantitative estimate of drug-likeness (QED) is 0.0781. The molecule has 240 valence electrons. The number of benzene rings is 1. The molecular formula is C32H32F2N6O5S. The van der Waals surface area contributed by atoms with E-state index in [9.17, 15) is 14.3 Å². The van der Waals surface area contributed by atoms with Gasteiger partial charge in [0.2, 0.25) is 0 Å². The van der Waals surface area contributed by atoms with Gasteiger partial charge in [-0.25, -0.2) is 13.8 Å². The maximum atomic E-state index is 15.9. The third-order valence-corrected chi connectivity index (χ3v) is 8.24. The normalized spacial score (nSPS) is 13.7. The van der Waals surface area contributed by atoms with Gasteiger partial charge in [-0.3, -0.25) is 14.6 Å². The Balaban J connectivity index is 1.74. The SMILES string of the molecule is C=C(OCCOC)/C(=C(F)\C=C\F)c1c(-c2cc([C@@H](C)NC(=O)[C@H](O)CO)[nH]n2)nc(-c2ccc3c(cnn3C)c2)c2ccsc12. The van der Waals surface area contributed by atoms with Gasteiger partial charge in [0.05, 0.1) is 54.3 Å². The second kappa shape index (κ2) is 14.1. The second-order valence-corrected chi connectivity index (χ2v) is 11.2. The van der Waals surface area contributed by atoms with Crippen LogP contribution in [-0.4, -0.2) is 74.1 Å². The number of thiophene rings is 1. The molecule has 0 radical (unpaired) electrons. The van der Waals surface area contributed by atoms with Crippen molar-refractivity contribution in [3.05, 3.63) is 83.7 Å². The number of halogens is 2. The monoisotopic (exact) mass is 650 g/mol. The van der Waals surface area contributed by atoms with Crippen molar-refractivity contribution >= 4 is 43.8 Å². The van der Waals surface area contributed by atoms with Crippen molar-refractivity contribution in [1.29, 1.82) is 0 Å². The Morgan fingerprint density at radius 3 is 2.80 bits per heavy atom. The Kier molecular flexibility index (Phi) is 10.0. The van der Waals surface area contributed by atoms with Crippen LogP contribution in [0.5, 0.6) is 0 Å². The van der Waals surface area contributed by atoms with Gasteiger partial charge in [-0.05, 0) is 36.6 Å². The molecule has 0 spiro atoms. The van der Waals surface area contributed by atoms with E-state index in [4.69, 9.17) is 19.6 Å². The molecule has 0 aliphatic heterocycles. The number of aryl methyl sites for hydroxylation is 1. The molecule has 14 heteroatoms. The van der Waals surface area contributed by atoms with Crippen molar-refractivity contribution in [2.45, 2.75) is 19.1 Å². The lowest BCUT2D eigenvalue weighted by atomic mass is 9.95. The lowest BCUT2D eigenvalue weighted by molar-refractivity contribution is -0.131. The number of amides is 1. The molecule has 4 aromatic heterocycles. The minimum absolute atomic E-state index is 0.0640. The van der Waals surface area contributed by atoms with E-state index in [1.54, 1.807) is 23.9 Å². The summed E-state index contributed by atoms with van der Waals surface area (Å²) in [6.45, 7) is 5.15. The van der Waals surface area contributed by atoms with Crippen molar-refractivity contribution in [3.8, 4) is 22.6 Å². The first-order valence-electron chi connectivity index (χ1n) is 14.1. The number of nitrogens with zero attached hydrogens (tertiary/aromatic N) is 4. The number of aliphatic hydroxyl groups excluding tert-OH is 2. The first-order valence-corrected chi connectivity index (χ1v) is 15.0. The number of aliphatic hydroxyl groups is 2. The number of carbonyl (C=O) groups excluding carboxylic acids is 1. The summed E-state index contributed by atoms with van der Waals surface area (Å²) in [5.74, 6) is -1.78. The van der Waals surface area contributed by atoms with Gasteiger partial charge in [0.1, 0.15) is 29.6 Å². The maximum absolute atomic E-state index is 15.9. The lowest BCUT2D eigenvalue weighted by Crippen LogP contribution is -2.38. The lowest BCUT2D eigenvalue weighted by Gasteiger charge is -2.18. The van der Waals surface area contributed by atoms with Crippen LogP contribution in [-0.2, 0) is 21.3 Å². The number of hydrogen-bond acceptors (Lipinski definition) is 9. The van der Waals surface area contributed by atoms with Crippen LogP contribution < -0.4 is 5.32 Å². The van der Waals surface area contributed by atoms with E-state index in [1.807, 2.05) is 36.7 Å². The smallest absolute Gasteiger partial charge is 0.251 e. The highest BCUT2D eigenvalue weighted by molar-refractivity contribution is 7.17. The van der Waals surface area contributed by atoms with Crippen LogP contribution in [0.15, 0.2) is 72.5 Å². The Morgan fingerprint density at radius 2 is 2.07 bits per heavy atom. The van der Waals surface area contributed by atoms with E-state index in [1.165, 1.54) is 18.4 Å². The number of aromatic amines is 1. The number of aromatic nitrogens is 5. The number of methoxy groups -OCH3 is 1. The number of hydrogen-bond donors (Lipinski definition) is 4. The predicted octanol–water partition coefficient (Wildman–Crippen LogP) is 5.11. The Hall–Kier alpha value is -4.76. The summed E-state index contributed by atoms with van der Waals surface area (Å²) >= 11 is 1.33. The summed E-state index contributed by atoms with van der Waals surface area (Å²) < 4.78 is 42.5. The molecule has 5 aromatic rings.